The predicted molar refractivity (Wildman–Crippen MR) is 77.4 cm³/mol. The summed E-state index contributed by atoms with van der Waals surface area (Å²) in [5, 5.41) is 3.34. The van der Waals surface area contributed by atoms with E-state index < -0.39 is 0 Å². The molecule has 0 fully saturated rings. The van der Waals surface area contributed by atoms with Gasteiger partial charge < -0.3 is 9.88 Å². The maximum absolute atomic E-state index is 13.2. The third-order valence-electron chi connectivity index (χ3n) is 2.81. The molecule has 1 aromatic heterocycles. The van der Waals surface area contributed by atoms with Crippen molar-refractivity contribution < 1.29 is 4.39 Å². The molecule has 5 heteroatoms. The van der Waals surface area contributed by atoms with Gasteiger partial charge in [-0.15, -0.1) is 0 Å². The second-order valence-electron chi connectivity index (χ2n) is 4.76. The summed E-state index contributed by atoms with van der Waals surface area (Å²) < 4.78 is 15.7. The fourth-order valence-electron chi connectivity index (χ4n) is 1.78. The molecule has 0 aliphatic carbocycles. The van der Waals surface area contributed by atoms with E-state index in [2.05, 4.69) is 44.6 Å². The van der Waals surface area contributed by atoms with Gasteiger partial charge in [0.05, 0.1) is 11.0 Å². The van der Waals surface area contributed by atoms with Crippen LogP contribution < -0.4 is 5.32 Å². The van der Waals surface area contributed by atoms with E-state index in [0.29, 0.717) is 17.1 Å². The Morgan fingerprint density at radius 1 is 1.42 bits per heavy atom. The molecule has 1 aromatic carbocycles. The van der Waals surface area contributed by atoms with Crippen LogP contribution in [-0.4, -0.2) is 15.6 Å². The number of nitrogens with zero attached hydrogens (tertiary/aromatic N) is 2. The van der Waals surface area contributed by atoms with Gasteiger partial charge in [-0.05, 0) is 33.6 Å². The molecule has 1 N–H and O–H groups in total. The molecule has 102 valence electrons. The Morgan fingerprint density at radius 2 is 2.21 bits per heavy atom. The average molecular weight is 326 g/mol. The van der Waals surface area contributed by atoms with E-state index in [1.807, 2.05) is 6.20 Å². The van der Waals surface area contributed by atoms with Crippen molar-refractivity contribution in [3.05, 3.63) is 52.3 Å². The molecular weight excluding hydrogens is 309 g/mol. The SMILES string of the molecule is CC(C)NCc1nccn1Cc1ccc(F)c(Br)c1. The van der Waals surface area contributed by atoms with Gasteiger partial charge in [0.2, 0.25) is 0 Å². The van der Waals surface area contributed by atoms with Crippen molar-refractivity contribution in [3.63, 3.8) is 0 Å². The second kappa shape index (κ2) is 6.30. The normalized spacial score (nSPS) is 11.2. The highest BCUT2D eigenvalue weighted by atomic mass is 79.9. The fourth-order valence-corrected chi connectivity index (χ4v) is 2.21. The Bertz CT molecular complexity index is 551. The van der Waals surface area contributed by atoms with Gasteiger partial charge in [-0.25, -0.2) is 9.37 Å². The molecule has 0 spiro atoms. The summed E-state index contributed by atoms with van der Waals surface area (Å²) in [7, 11) is 0. The quantitative estimate of drug-likeness (QED) is 0.913. The first-order valence-electron chi connectivity index (χ1n) is 6.23. The number of benzene rings is 1. The van der Waals surface area contributed by atoms with E-state index >= 15 is 0 Å². The van der Waals surface area contributed by atoms with Gasteiger partial charge in [0.15, 0.2) is 0 Å². The van der Waals surface area contributed by atoms with E-state index in [1.165, 1.54) is 6.07 Å². The van der Waals surface area contributed by atoms with Gasteiger partial charge in [-0.1, -0.05) is 19.9 Å². The molecule has 2 rings (SSSR count). The number of rotatable bonds is 5. The summed E-state index contributed by atoms with van der Waals surface area (Å²) in [4.78, 5) is 4.34. The largest absolute Gasteiger partial charge is 0.329 e. The van der Waals surface area contributed by atoms with Crippen molar-refractivity contribution in [2.45, 2.75) is 33.0 Å². The minimum absolute atomic E-state index is 0.240. The summed E-state index contributed by atoms with van der Waals surface area (Å²) in [5.74, 6) is 0.741. The summed E-state index contributed by atoms with van der Waals surface area (Å²) in [6.07, 6.45) is 3.73. The van der Waals surface area contributed by atoms with Crippen LogP contribution in [0.1, 0.15) is 25.2 Å². The first kappa shape index (κ1) is 14.2. The molecule has 0 saturated carbocycles. The lowest BCUT2D eigenvalue weighted by atomic mass is 10.2. The monoisotopic (exact) mass is 325 g/mol. The van der Waals surface area contributed by atoms with Crippen LogP contribution >= 0.6 is 15.9 Å². The van der Waals surface area contributed by atoms with Crippen LogP contribution in [0.15, 0.2) is 35.1 Å². The Balaban J connectivity index is 2.10. The van der Waals surface area contributed by atoms with Gasteiger partial charge in [0, 0.05) is 25.0 Å². The van der Waals surface area contributed by atoms with Crippen LogP contribution in [0.2, 0.25) is 0 Å². The van der Waals surface area contributed by atoms with E-state index in [0.717, 1.165) is 17.9 Å². The highest BCUT2D eigenvalue weighted by molar-refractivity contribution is 9.10. The second-order valence-corrected chi connectivity index (χ2v) is 5.61. The van der Waals surface area contributed by atoms with Crippen molar-refractivity contribution in [1.82, 2.24) is 14.9 Å². The lowest BCUT2D eigenvalue weighted by molar-refractivity contribution is 0.554. The average Bonchev–Trinajstić information content (AvgIpc) is 2.79. The molecule has 0 saturated heterocycles. The molecule has 0 radical (unpaired) electrons. The maximum Gasteiger partial charge on any atom is 0.137 e. The van der Waals surface area contributed by atoms with E-state index in [4.69, 9.17) is 0 Å². The van der Waals surface area contributed by atoms with Gasteiger partial charge in [0.25, 0.3) is 0 Å². The number of aromatic nitrogens is 2. The van der Waals surface area contributed by atoms with Gasteiger partial charge >= 0.3 is 0 Å². The first-order chi connectivity index (χ1) is 9.06. The van der Waals surface area contributed by atoms with Gasteiger partial charge in [0.1, 0.15) is 11.6 Å². The number of hydrogen-bond acceptors (Lipinski definition) is 2. The third-order valence-corrected chi connectivity index (χ3v) is 3.41. The van der Waals surface area contributed by atoms with Crippen molar-refractivity contribution in [1.29, 1.82) is 0 Å². The van der Waals surface area contributed by atoms with Gasteiger partial charge in [-0.2, -0.15) is 0 Å². The Hall–Kier alpha value is -1.20. The number of hydrogen-bond donors (Lipinski definition) is 1. The lowest BCUT2D eigenvalue weighted by Gasteiger charge is -2.11. The molecule has 0 amide bonds. The zero-order valence-corrected chi connectivity index (χ0v) is 12.6. The standard InChI is InChI=1S/C14H17BrFN3/c1-10(2)18-8-14-17-5-6-19(14)9-11-3-4-13(16)12(15)7-11/h3-7,10,18H,8-9H2,1-2H3. The molecule has 0 atom stereocenters. The maximum atomic E-state index is 13.2. The summed E-state index contributed by atoms with van der Waals surface area (Å²) >= 11 is 3.21. The van der Waals surface area contributed by atoms with Crippen LogP contribution in [-0.2, 0) is 13.1 Å². The molecule has 0 unspecified atom stereocenters. The molecular formula is C14H17BrFN3. The molecule has 0 aliphatic rings. The summed E-state index contributed by atoms with van der Waals surface area (Å²) in [5.41, 5.74) is 1.04. The van der Waals surface area contributed by atoms with Crippen LogP contribution in [0.25, 0.3) is 0 Å². The Labute approximate surface area is 121 Å². The van der Waals surface area contributed by atoms with Crippen LogP contribution in [0, 0.1) is 5.82 Å². The fraction of sp³-hybridized carbons (Fsp3) is 0.357. The van der Waals surface area contributed by atoms with E-state index in [9.17, 15) is 4.39 Å². The van der Waals surface area contributed by atoms with Crippen LogP contribution in [0.4, 0.5) is 4.39 Å². The minimum Gasteiger partial charge on any atom is -0.329 e. The zero-order valence-electron chi connectivity index (χ0n) is 11.0. The Morgan fingerprint density at radius 3 is 2.89 bits per heavy atom. The minimum atomic E-state index is -0.240. The molecule has 1 heterocycles. The summed E-state index contributed by atoms with van der Waals surface area (Å²) in [6.45, 7) is 5.62. The van der Waals surface area contributed by atoms with Crippen LogP contribution in [0.3, 0.4) is 0 Å². The van der Waals surface area contributed by atoms with Gasteiger partial charge in [-0.3, -0.25) is 0 Å². The molecule has 2 aromatic rings. The highest BCUT2D eigenvalue weighted by Crippen LogP contribution is 2.17. The topological polar surface area (TPSA) is 29.9 Å². The zero-order chi connectivity index (χ0) is 13.8. The Kier molecular flexibility index (Phi) is 4.71. The molecule has 0 bridgehead atoms. The molecule has 3 nitrogen and oxygen atoms in total. The molecule has 0 aliphatic heterocycles. The van der Waals surface area contributed by atoms with Crippen molar-refractivity contribution in [3.8, 4) is 0 Å². The van der Waals surface area contributed by atoms with E-state index in [1.54, 1.807) is 18.3 Å². The van der Waals surface area contributed by atoms with Crippen molar-refractivity contribution >= 4 is 15.9 Å². The third kappa shape index (κ3) is 3.88. The van der Waals surface area contributed by atoms with Crippen molar-refractivity contribution in [2.24, 2.45) is 0 Å². The number of imidazole rings is 1. The van der Waals surface area contributed by atoms with Crippen molar-refractivity contribution in [2.75, 3.05) is 0 Å². The van der Waals surface area contributed by atoms with E-state index in [-0.39, 0.29) is 5.82 Å². The first-order valence-corrected chi connectivity index (χ1v) is 7.03. The smallest absolute Gasteiger partial charge is 0.137 e. The lowest BCUT2D eigenvalue weighted by Crippen LogP contribution is -2.24. The highest BCUT2D eigenvalue weighted by Gasteiger charge is 2.06. The summed E-state index contributed by atoms with van der Waals surface area (Å²) in [6, 6.07) is 5.49. The molecule has 19 heavy (non-hydrogen) atoms. The number of halogens is 2. The predicted octanol–water partition coefficient (Wildman–Crippen LogP) is 3.33. The van der Waals surface area contributed by atoms with Crippen LogP contribution in [0.5, 0.6) is 0 Å². The number of nitrogens with one attached hydrogen (secondary N) is 1.